The van der Waals surface area contributed by atoms with Crippen LogP contribution >= 0.6 is 11.3 Å². The van der Waals surface area contributed by atoms with E-state index in [2.05, 4.69) is 55.3 Å². The predicted octanol–water partition coefficient (Wildman–Crippen LogP) is 5.28. The Labute approximate surface area is 199 Å². The molecular formula is C25H22N8S. The molecule has 4 aromatic heterocycles. The normalized spacial score (nSPS) is 11.6. The van der Waals surface area contributed by atoms with Gasteiger partial charge in [0.15, 0.2) is 5.65 Å². The minimum Gasteiger partial charge on any atom is -0.308 e. The first kappa shape index (κ1) is 20.6. The summed E-state index contributed by atoms with van der Waals surface area (Å²) in [5.74, 6) is 1.66. The van der Waals surface area contributed by atoms with Crippen molar-refractivity contribution in [2.75, 3.05) is 0 Å². The van der Waals surface area contributed by atoms with Gasteiger partial charge in [0.25, 0.3) is 0 Å². The standard InChI is InChI=1S/C25H22N8S/c1-2-3-10-22-27-20-9-6-13-26-24(20)33(22)15-16-11-12-19-21(14-16)34-25(28-19)18-8-5-4-7-17(18)23-29-31-32-30-23/h4-9,11-14H,2-3,10,15H2,1H3,(H,29,30,31,32). The molecular weight excluding hydrogens is 444 g/mol. The molecule has 8 nitrogen and oxygen atoms in total. The topological polar surface area (TPSA) is 98.1 Å². The molecule has 6 rings (SSSR count). The van der Waals surface area contributed by atoms with Crippen LogP contribution in [0.5, 0.6) is 0 Å². The van der Waals surface area contributed by atoms with Gasteiger partial charge in [-0.3, -0.25) is 0 Å². The summed E-state index contributed by atoms with van der Waals surface area (Å²) >= 11 is 1.67. The highest BCUT2D eigenvalue weighted by Gasteiger charge is 2.16. The molecule has 4 heterocycles. The molecule has 0 amide bonds. The Morgan fingerprint density at radius 3 is 2.74 bits per heavy atom. The van der Waals surface area contributed by atoms with Crippen LogP contribution in [0.2, 0.25) is 0 Å². The molecule has 0 aliphatic carbocycles. The second kappa shape index (κ2) is 8.75. The van der Waals surface area contributed by atoms with E-state index >= 15 is 0 Å². The lowest BCUT2D eigenvalue weighted by Crippen LogP contribution is -2.06. The molecule has 34 heavy (non-hydrogen) atoms. The summed E-state index contributed by atoms with van der Waals surface area (Å²) < 4.78 is 3.39. The monoisotopic (exact) mass is 466 g/mol. The fourth-order valence-corrected chi connectivity index (χ4v) is 5.27. The van der Waals surface area contributed by atoms with Gasteiger partial charge in [-0.2, -0.15) is 5.21 Å². The van der Waals surface area contributed by atoms with Gasteiger partial charge in [-0.15, -0.1) is 21.5 Å². The van der Waals surface area contributed by atoms with Crippen LogP contribution in [0.4, 0.5) is 0 Å². The maximum atomic E-state index is 4.90. The summed E-state index contributed by atoms with van der Waals surface area (Å²) in [6.45, 7) is 2.94. The van der Waals surface area contributed by atoms with E-state index in [0.29, 0.717) is 5.82 Å². The van der Waals surface area contributed by atoms with Gasteiger partial charge in [0, 0.05) is 23.7 Å². The lowest BCUT2D eigenvalue weighted by Gasteiger charge is -2.08. The Kier molecular flexibility index (Phi) is 5.31. The lowest BCUT2D eigenvalue weighted by molar-refractivity contribution is 0.687. The first-order valence-corrected chi connectivity index (χ1v) is 12.1. The lowest BCUT2D eigenvalue weighted by atomic mass is 10.1. The van der Waals surface area contributed by atoms with Crippen molar-refractivity contribution in [2.24, 2.45) is 0 Å². The second-order valence-corrected chi connectivity index (χ2v) is 9.20. The number of fused-ring (bicyclic) bond motifs is 2. The van der Waals surface area contributed by atoms with E-state index in [1.54, 1.807) is 11.3 Å². The molecule has 0 spiro atoms. The number of aromatic amines is 1. The minimum absolute atomic E-state index is 0.564. The maximum Gasteiger partial charge on any atom is 0.205 e. The number of rotatable bonds is 7. The third-order valence-electron chi connectivity index (χ3n) is 5.87. The molecule has 0 fully saturated rings. The van der Waals surface area contributed by atoms with Crippen LogP contribution in [0.25, 0.3) is 43.3 Å². The van der Waals surface area contributed by atoms with E-state index in [1.165, 1.54) is 5.56 Å². The van der Waals surface area contributed by atoms with Gasteiger partial charge in [-0.05, 0) is 41.5 Å². The van der Waals surface area contributed by atoms with Gasteiger partial charge in [-0.25, -0.2) is 15.0 Å². The van der Waals surface area contributed by atoms with Crippen LogP contribution in [0.1, 0.15) is 31.2 Å². The van der Waals surface area contributed by atoms with Crippen molar-refractivity contribution in [3.05, 3.63) is 72.2 Å². The highest BCUT2D eigenvalue weighted by molar-refractivity contribution is 7.21. The van der Waals surface area contributed by atoms with E-state index in [0.717, 1.165) is 69.1 Å². The molecule has 168 valence electrons. The van der Waals surface area contributed by atoms with Gasteiger partial charge in [0.2, 0.25) is 5.82 Å². The van der Waals surface area contributed by atoms with Crippen LogP contribution < -0.4 is 0 Å². The molecule has 2 aromatic carbocycles. The number of benzene rings is 2. The Morgan fingerprint density at radius 2 is 1.88 bits per heavy atom. The van der Waals surface area contributed by atoms with Crippen molar-refractivity contribution >= 4 is 32.7 Å². The van der Waals surface area contributed by atoms with Crippen LogP contribution in [0.3, 0.4) is 0 Å². The van der Waals surface area contributed by atoms with Crippen molar-refractivity contribution in [3.63, 3.8) is 0 Å². The molecule has 1 N–H and O–H groups in total. The quantitative estimate of drug-likeness (QED) is 0.344. The zero-order valence-electron chi connectivity index (χ0n) is 18.6. The van der Waals surface area contributed by atoms with E-state index in [1.807, 2.05) is 42.6 Å². The third kappa shape index (κ3) is 3.73. The van der Waals surface area contributed by atoms with E-state index in [4.69, 9.17) is 9.97 Å². The van der Waals surface area contributed by atoms with Gasteiger partial charge in [-0.1, -0.05) is 43.7 Å². The number of hydrogen-bond donors (Lipinski definition) is 1. The summed E-state index contributed by atoms with van der Waals surface area (Å²) in [6, 6.07) is 18.5. The van der Waals surface area contributed by atoms with Gasteiger partial charge in [0.05, 0.1) is 16.8 Å². The maximum absolute atomic E-state index is 4.90. The number of imidazole rings is 1. The van der Waals surface area contributed by atoms with Crippen molar-refractivity contribution in [1.82, 2.24) is 40.1 Å². The first-order valence-electron chi connectivity index (χ1n) is 11.3. The summed E-state index contributed by atoms with van der Waals surface area (Å²) in [6.07, 6.45) is 5.04. The summed E-state index contributed by atoms with van der Waals surface area (Å²) in [5.41, 5.74) is 5.98. The number of unbranched alkanes of at least 4 members (excludes halogenated alkanes) is 1. The van der Waals surface area contributed by atoms with Crippen molar-refractivity contribution in [3.8, 4) is 22.0 Å². The SMILES string of the molecule is CCCCc1nc2cccnc2n1Cc1ccc2nc(-c3ccccc3-c3nn[nH]n3)sc2c1. The van der Waals surface area contributed by atoms with Gasteiger partial charge in [0.1, 0.15) is 16.3 Å². The molecule has 0 atom stereocenters. The molecule has 0 radical (unpaired) electrons. The summed E-state index contributed by atoms with van der Waals surface area (Å²) in [4.78, 5) is 14.4. The van der Waals surface area contributed by atoms with E-state index in [-0.39, 0.29) is 0 Å². The van der Waals surface area contributed by atoms with Crippen molar-refractivity contribution in [2.45, 2.75) is 32.7 Å². The number of aryl methyl sites for hydroxylation is 1. The number of aromatic nitrogens is 8. The molecule has 6 aromatic rings. The average molecular weight is 467 g/mol. The van der Waals surface area contributed by atoms with Crippen molar-refractivity contribution < 1.29 is 0 Å². The van der Waals surface area contributed by atoms with Gasteiger partial charge >= 0.3 is 0 Å². The fourth-order valence-electron chi connectivity index (χ4n) is 4.20. The first-order chi connectivity index (χ1) is 16.8. The molecule has 9 heteroatoms. The summed E-state index contributed by atoms with van der Waals surface area (Å²) in [7, 11) is 0. The Morgan fingerprint density at radius 1 is 0.971 bits per heavy atom. The van der Waals surface area contributed by atoms with Crippen LogP contribution in [0.15, 0.2) is 60.8 Å². The Balaban J connectivity index is 1.38. The predicted molar refractivity (Wildman–Crippen MR) is 133 cm³/mol. The van der Waals surface area contributed by atoms with Gasteiger partial charge < -0.3 is 4.57 Å². The number of nitrogens with zero attached hydrogens (tertiary/aromatic N) is 7. The molecule has 0 saturated heterocycles. The fraction of sp³-hybridized carbons (Fsp3) is 0.200. The smallest absolute Gasteiger partial charge is 0.205 e. The molecule has 0 saturated carbocycles. The van der Waals surface area contributed by atoms with Crippen LogP contribution in [-0.2, 0) is 13.0 Å². The number of tetrazole rings is 1. The van der Waals surface area contributed by atoms with Crippen molar-refractivity contribution in [1.29, 1.82) is 0 Å². The number of pyridine rings is 1. The molecule has 0 aliphatic rings. The number of nitrogens with one attached hydrogen (secondary N) is 1. The number of thiazole rings is 1. The largest absolute Gasteiger partial charge is 0.308 e. The van der Waals surface area contributed by atoms with E-state index in [9.17, 15) is 0 Å². The number of hydrogen-bond acceptors (Lipinski definition) is 7. The Bertz CT molecular complexity index is 1580. The minimum atomic E-state index is 0.564. The zero-order valence-corrected chi connectivity index (χ0v) is 19.5. The third-order valence-corrected chi connectivity index (χ3v) is 6.93. The number of H-pyrrole nitrogens is 1. The molecule has 0 aliphatic heterocycles. The average Bonchev–Trinajstić information content (AvgIpc) is 3.62. The second-order valence-electron chi connectivity index (χ2n) is 8.17. The molecule has 0 bridgehead atoms. The highest BCUT2D eigenvalue weighted by atomic mass is 32.1. The molecule has 0 unspecified atom stereocenters. The van der Waals surface area contributed by atoms with E-state index < -0.39 is 0 Å². The highest BCUT2D eigenvalue weighted by Crippen LogP contribution is 2.35. The van der Waals surface area contributed by atoms with Crippen LogP contribution in [-0.4, -0.2) is 40.1 Å². The zero-order chi connectivity index (χ0) is 22.9. The van der Waals surface area contributed by atoms with Crippen LogP contribution in [0, 0.1) is 0 Å². The Hall–Kier alpha value is -3.98. The summed E-state index contributed by atoms with van der Waals surface area (Å²) in [5, 5.41) is 15.5.